The lowest BCUT2D eigenvalue weighted by atomic mass is 9.76. The topological polar surface area (TPSA) is 94.2 Å². The fourth-order valence-corrected chi connectivity index (χ4v) is 14.9. The van der Waals surface area contributed by atoms with E-state index in [4.69, 9.17) is 14.2 Å². The average Bonchev–Trinajstić information content (AvgIpc) is 3.35. The van der Waals surface area contributed by atoms with Crippen LogP contribution < -0.4 is 21.2 Å². The number of hydrogen-bond acceptors (Lipinski definition) is 8. The second-order valence-corrected chi connectivity index (χ2v) is 21.8. The summed E-state index contributed by atoms with van der Waals surface area (Å²) in [6, 6.07) is 59.5. The number of hydrogen-bond donors (Lipinski definition) is 1. The van der Waals surface area contributed by atoms with Crippen molar-refractivity contribution in [2.45, 2.75) is 81.1 Å². The van der Waals surface area contributed by atoms with E-state index in [0.717, 1.165) is 32.6 Å². The van der Waals surface area contributed by atoms with Gasteiger partial charge in [-0.3, -0.25) is 19.8 Å². The number of ketones is 1. The molecule has 0 saturated carbocycles. The average molecular weight is 905 g/mol. The molecule has 8 nitrogen and oxygen atoms in total. The third-order valence-corrected chi connectivity index (χ3v) is 17.6. The fourth-order valence-electron chi connectivity index (χ4n) is 8.96. The van der Waals surface area contributed by atoms with Gasteiger partial charge in [-0.25, -0.2) is 4.79 Å². The van der Waals surface area contributed by atoms with Gasteiger partial charge in [-0.2, -0.15) is 0 Å². The van der Waals surface area contributed by atoms with Crippen molar-refractivity contribution in [3.63, 3.8) is 0 Å². The molecule has 6 aromatic rings. The molecule has 0 radical (unpaired) electrons. The number of benzene rings is 6. The molecule has 2 saturated heterocycles. The zero-order chi connectivity index (χ0) is 45.4. The van der Waals surface area contributed by atoms with Gasteiger partial charge >= 0.3 is 5.97 Å². The minimum Gasteiger partial charge on any atom is -0.455 e. The minimum absolute atomic E-state index is 0.103. The second-order valence-electron chi connectivity index (χ2n) is 17.3. The Balaban J connectivity index is 1.43. The maximum absolute atomic E-state index is 16.1. The summed E-state index contributed by atoms with van der Waals surface area (Å²) < 4.78 is 18.9. The molecule has 3 atom stereocenters. The zero-order valence-electron chi connectivity index (χ0n) is 37.4. The van der Waals surface area contributed by atoms with Crippen LogP contribution in [0.4, 0.5) is 0 Å². The van der Waals surface area contributed by atoms with Gasteiger partial charge in [0.05, 0.1) is 11.6 Å². The number of ether oxygens (including phenoxy) is 3. The number of carbonyl (C=O) groups excluding carboxylic acids is 3. The number of carbonyl (C=O) groups is 3. The minimum atomic E-state index is -3.30. The molecule has 3 unspecified atom stereocenters. The number of nitrogens with zero attached hydrogens (tertiary/aromatic N) is 1. The Labute approximate surface area is 387 Å². The summed E-state index contributed by atoms with van der Waals surface area (Å²) in [6.45, 7) is 5.13. The third-order valence-electron chi connectivity index (χ3n) is 12.0. The van der Waals surface area contributed by atoms with Crippen molar-refractivity contribution < 1.29 is 28.6 Å². The molecule has 2 aliphatic heterocycles. The summed E-state index contributed by atoms with van der Waals surface area (Å²) >= 11 is 1.29. The Bertz CT molecular complexity index is 2390. The molecule has 2 heterocycles. The van der Waals surface area contributed by atoms with Gasteiger partial charge in [0.2, 0.25) is 5.91 Å². The quantitative estimate of drug-likeness (QED) is 0.0339. The van der Waals surface area contributed by atoms with Crippen molar-refractivity contribution >= 4 is 57.6 Å². The molecule has 0 aromatic heterocycles. The first-order valence-electron chi connectivity index (χ1n) is 22.4. The SMILES string of the molecule is CCC(=O)C(OC1CCOCC1)SC1C(NC(c2ccccc2)(c2ccccc2)c2ccccc2)C(=O)N1C(C(=O)OC(C)(C)C)=P(c1ccccc1)(c1ccccc1)c1ccccc1. The van der Waals surface area contributed by atoms with Crippen LogP contribution >= 0.6 is 18.6 Å². The van der Waals surface area contributed by atoms with E-state index >= 15 is 9.59 Å². The van der Waals surface area contributed by atoms with Crippen molar-refractivity contribution in [1.29, 1.82) is 0 Å². The van der Waals surface area contributed by atoms with E-state index in [1.807, 2.05) is 173 Å². The number of β-lactam (4-membered cyclic amide) rings is 1. The summed E-state index contributed by atoms with van der Waals surface area (Å²) in [7, 11) is 0. The van der Waals surface area contributed by atoms with Crippen molar-refractivity contribution in [3.8, 4) is 0 Å². The lowest BCUT2D eigenvalue weighted by Gasteiger charge is -2.53. The van der Waals surface area contributed by atoms with Gasteiger partial charge in [-0.1, -0.05) is 201 Å². The highest BCUT2D eigenvalue weighted by Crippen LogP contribution is 2.51. The number of rotatable bonds is 16. The van der Waals surface area contributed by atoms with Crippen LogP contribution in [-0.2, 0) is 34.1 Å². The molecule has 10 heteroatoms. The van der Waals surface area contributed by atoms with Gasteiger partial charge < -0.3 is 14.2 Å². The standard InChI is InChI=1S/C55H57N2O6PS/c1-5-47(58)53(62-43-36-38-61-39-37-43)65-51-48(56-55(40-24-12-6-13-25-40,41-26-14-7-15-27-41)42-28-16-8-17-29-42)49(59)57(51)50(52(60)63-54(2,3)4)64(44-30-18-9-19-31-44,45-32-20-10-21-33-45)46-34-22-11-23-35-46/h6-35,43,48,51,53,56H,5,36-39H2,1-4H3. The third kappa shape index (κ3) is 9.45. The highest BCUT2D eigenvalue weighted by Gasteiger charge is 2.58. The van der Waals surface area contributed by atoms with Crippen LogP contribution in [0.25, 0.3) is 0 Å². The van der Waals surface area contributed by atoms with Crippen LogP contribution in [0.1, 0.15) is 63.6 Å². The van der Waals surface area contributed by atoms with Crippen LogP contribution in [0.15, 0.2) is 182 Å². The molecule has 0 bridgehead atoms. The first kappa shape index (κ1) is 46.0. The highest BCUT2D eigenvalue weighted by atomic mass is 32.2. The molecule has 0 aliphatic carbocycles. The van der Waals surface area contributed by atoms with Crippen molar-refractivity contribution in [2.75, 3.05) is 13.2 Å². The van der Waals surface area contributed by atoms with Crippen molar-refractivity contribution in [1.82, 2.24) is 10.2 Å². The van der Waals surface area contributed by atoms with E-state index in [2.05, 4.69) is 41.7 Å². The zero-order valence-corrected chi connectivity index (χ0v) is 39.1. The van der Waals surface area contributed by atoms with E-state index < -0.39 is 40.8 Å². The molecular weight excluding hydrogens is 848 g/mol. The van der Waals surface area contributed by atoms with E-state index in [1.165, 1.54) is 11.8 Å². The Hall–Kier alpha value is -5.54. The van der Waals surface area contributed by atoms with Gasteiger partial charge in [-0.15, -0.1) is 0 Å². The number of amides is 1. The van der Waals surface area contributed by atoms with Crippen LogP contribution in [-0.4, -0.2) is 69.7 Å². The first-order chi connectivity index (χ1) is 31.6. The molecule has 0 spiro atoms. The van der Waals surface area contributed by atoms with E-state index in [0.29, 0.717) is 26.1 Å². The maximum atomic E-state index is 16.1. The first-order valence-corrected chi connectivity index (χ1v) is 25.2. The van der Waals surface area contributed by atoms with Gasteiger partial charge in [0.1, 0.15) is 22.4 Å². The molecule has 1 N–H and O–H groups in total. The summed E-state index contributed by atoms with van der Waals surface area (Å²) in [4.78, 5) is 47.8. The Morgan fingerprint density at radius 1 is 0.677 bits per heavy atom. The second kappa shape index (κ2) is 20.3. The van der Waals surface area contributed by atoms with Gasteiger partial charge in [0, 0.05) is 26.5 Å². The number of esters is 1. The summed E-state index contributed by atoms with van der Waals surface area (Å²) in [5, 5.41) is 5.76. The fraction of sp³-hybridized carbons (Fsp3) is 0.273. The van der Waals surface area contributed by atoms with Crippen molar-refractivity contribution in [2.24, 2.45) is 0 Å². The molecular formula is C55H57N2O6PS. The van der Waals surface area contributed by atoms with Crippen LogP contribution in [0.5, 0.6) is 0 Å². The lowest BCUT2D eigenvalue weighted by Crippen LogP contribution is -2.74. The highest BCUT2D eigenvalue weighted by molar-refractivity contribution is 8.01. The predicted molar refractivity (Wildman–Crippen MR) is 264 cm³/mol. The summed E-state index contributed by atoms with van der Waals surface area (Å²) in [5.74, 6) is -1.03. The molecule has 1 amide bonds. The number of nitrogens with one attached hydrogen (secondary N) is 1. The Morgan fingerprint density at radius 3 is 1.46 bits per heavy atom. The monoisotopic (exact) mass is 904 g/mol. The van der Waals surface area contributed by atoms with Crippen LogP contribution in [0, 0.1) is 0 Å². The molecule has 65 heavy (non-hydrogen) atoms. The van der Waals surface area contributed by atoms with Gasteiger partial charge in [0.15, 0.2) is 11.2 Å². The maximum Gasteiger partial charge on any atom is 0.356 e. The molecule has 334 valence electrons. The normalized spacial score (nSPS) is 17.5. The van der Waals surface area contributed by atoms with E-state index in [1.54, 1.807) is 4.90 Å². The van der Waals surface area contributed by atoms with Gasteiger partial charge in [-0.05, 0) is 66.2 Å². The smallest absolute Gasteiger partial charge is 0.356 e. The van der Waals surface area contributed by atoms with E-state index in [-0.39, 0.29) is 29.6 Å². The largest absolute Gasteiger partial charge is 0.455 e. The number of likely N-dealkylation sites (tertiary alicyclic amines) is 1. The number of thioether (sulfide) groups is 1. The van der Waals surface area contributed by atoms with Gasteiger partial charge in [0.25, 0.3) is 0 Å². The lowest BCUT2D eigenvalue weighted by molar-refractivity contribution is -0.151. The molecule has 2 fully saturated rings. The van der Waals surface area contributed by atoms with Crippen LogP contribution in [0.3, 0.4) is 0 Å². The molecule has 6 aromatic carbocycles. The molecule has 8 rings (SSSR count). The van der Waals surface area contributed by atoms with Crippen LogP contribution in [0.2, 0.25) is 0 Å². The number of Topliss-reactive ketones (excluding diaryl/α,β-unsaturated/α-hetero) is 1. The van der Waals surface area contributed by atoms with E-state index in [9.17, 15) is 4.79 Å². The Kier molecular flexibility index (Phi) is 14.4. The predicted octanol–water partition coefficient (Wildman–Crippen LogP) is 8.80. The summed E-state index contributed by atoms with van der Waals surface area (Å²) in [5.41, 5.74) is 0.0543. The Morgan fingerprint density at radius 2 is 1.08 bits per heavy atom. The summed E-state index contributed by atoms with van der Waals surface area (Å²) in [6.07, 6.45) is 1.28. The molecule has 2 aliphatic rings. The van der Waals surface area contributed by atoms with Crippen molar-refractivity contribution in [3.05, 3.63) is 199 Å².